The first-order valence-electron chi connectivity index (χ1n) is 5.71. The maximum atomic E-state index is 9.29. The van der Waals surface area contributed by atoms with Gasteiger partial charge in [0.15, 0.2) is 0 Å². The Morgan fingerprint density at radius 1 is 1.53 bits per heavy atom. The van der Waals surface area contributed by atoms with Gasteiger partial charge in [-0.1, -0.05) is 6.92 Å². The minimum atomic E-state index is -0.326. The molecule has 1 N–H and O–H groups in total. The monoisotopic (exact) mass is 217 g/mol. The molecule has 0 spiro atoms. The first kappa shape index (κ1) is 12.9. The molecule has 1 unspecified atom stereocenters. The van der Waals surface area contributed by atoms with Crippen molar-refractivity contribution in [3.05, 3.63) is 0 Å². The van der Waals surface area contributed by atoms with Crippen LogP contribution in [0, 0.1) is 0 Å². The van der Waals surface area contributed by atoms with Gasteiger partial charge in [0.05, 0.1) is 25.9 Å². The maximum absolute atomic E-state index is 9.29. The zero-order valence-corrected chi connectivity index (χ0v) is 10.0. The summed E-state index contributed by atoms with van der Waals surface area (Å²) in [4.78, 5) is 2.26. The van der Waals surface area contributed by atoms with E-state index >= 15 is 0 Å². The molecule has 1 fully saturated rings. The molecule has 0 aromatic carbocycles. The molecule has 0 radical (unpaired) electrons. The van der Waals surface area contributed by atoms with Gasteiger partial charge in [0.1, 0.15) is 5.72 Å². The Kier molecular flexibility index (Phi) is 4.99. The Morgan fingerprint density at radius 3 is 2.80 bits per heavy atom. The highest BCUT2D eigenvalue weighted by Crippen LogP contribution is 2.20. The number of rotatable bonds is 6. The number of nitrogens with zero attached hydrogens (tertiary/aromatic N) is 1. The molecule has 1 rings (SSSR count). The lowest BCUT2D eigenvalue weighted by Crippen LogP contribution is -2.41. The Labute approximate surface area is 92.2 Å². The van der Waals surface area contributed by atoms with E-state index in [1.807, 2.05) is 6.92 Å². The SMILES string of the molecule is CCC(O)COCCN1CCOC1(C)C. The van der Waals surface area contributed by atoms with Crippen LogP contribution >= 0.6 is 0 Å². The van der Waals surface area contributed by atoms with E-state index in [9.17, 15) is 5.11 Å². The van der Waals surface area contributed by atoms with Crippen LogP contribution in [0.5, 0.6) is 0 Å². The number of hydrogen-bond acceptors (Lipinski definition) is 4. The number of aliphatic hydroxyl groups excluding tert-OH is 1. The smallest absolute Gasteiger partial charge is 0.116 e. The fourth-order valence-electron chi connectivity index (χ4n) is 1.66. The van der Waals surface area contributed by atoms with Crippen LogP contribution in [0.4, 0.5) is 0 Å². The van der Waals surface area contributed by atoms with Crippen LogP contribution in [0.15, 0.2) is 0 Å². The standard InChI is InChI=1S/C11H23NO3/c1-4-10(13)9-14-7-5-12-6-8-15-11(12,2)3/h10,13H,4-9H2,1-3H3. The largest absolute Gasteiger partial charge is 0.391 e. The molecule has 4 heteroatoms. The third-order valence-corrected chi connectivity index (χ3v) is 2.87. The molecular formula is C11H23NO3. The highest BCUT2D eigenvalue weighted by Gasteiger charge is 2.32. The maximum Gasteiger partial charge on any atom is 0.116 e. The van der Waals surface area contributed by atoms with Crippen LogP contribution in [0.1, 0.15) is 27.2 Å². The van der Waals surface area contributed by atoms with Gasteiger partial charge in [0, 0.05) is 13.1 Å². The first-order chi connectivity index (χ1) is 7.06. The first-order valence-corrected chi connectivity index (χ1v) is 5.71. The van der Waals surface area contributed by atoms with Gasteiger partial charge in [-0.25, -0.2) is 0 Å². The van der Waals surface area contributed by atoms with Crippen molar-refractivity contribution in [2.45, 2.75) is 39.0 Å². The number of aliphatic hydroxyl groups is 1. The normalized spacial score (nSPS) is 23.2. The Bertz CT molecular complexity index is 185. The van der Waals surface area contributed by atoms with Crippen molar-refractivity contribution in [3.63, 3.8) is 0 Å². The molecule has 90 valence electrons. The molecule has 0 bridgehead atoms. The average Bonchev–Trinajstić information content (AvgIpc) is 2.52. The fraction of sp³-hybridized carbons (Fsp3) is 1.00. The summed E-state index contributed by atoms with van der Waals surface area (Å²) in [7, 11) is 0. The van der Waals surface area contributed by atoms with Crippen molar-refractivity contribution in [3.8, 4) is 0 Å². The second kappa shape index (κ2) is 5.80. The summed E-state index contributed by atoms with van der Waals surface area (Å²) in [5.41, 5.74) is -0.160. The van der Waals surface area contributed by atoms with Crippen molar-refractivity contribution in [2.75, 3.05) is 32.9 Å². The average molecular weight is 217 g/mol. The van der Waals surface area contributed by atoms with E-state index in [-0.39, 0.29) is 11.8 Å². The van der Waals surface area contributed by atoms with Crippen molar-refractivity contribution in [2.24, 2.45) is 0 Å². The predicted octanol–water partition coefficient (Wildman–Crippen LogP) is 0.842. The zero-order valence-electron chi connectivity index (χ0n) is 10.0. The second-order valence-electron chi connectivity index (χ2n) is 4.42. The van der Waals surface area contributed by atoms with Crippen molar-refractivity contribution in [1.82, 2.24) is 4.90 Å². The Morgan fingerprint density at radius 2 is 2.27 bits per heavy atom. The van der Waals surface area contributed by atoms with Gasteiger partial charge < -0.3 is 14.6 Å². The lowest BCUT2D eigenvalue weighted by Gasteiger charge is -2.29. The van der Waals surface area contributed by atoms with E-state index in [1.54, 1.807) is 0 Å². The van der Waals surface area contributed by atoms with Crippen LogP contribution in [0.3, 0.4) is 0 Å². The molecule has 0 aromatic heterocycles. The van der Waals surface area contributed by atoms with Crippen molar-refractivity contribution in [1.29, 1.82) is 0 Å². The lowest BCUT2D eigenvalue weighted by molar-refractivity contribution is -0.0618. The highest BCUT2D eigenvalue weighted by molar-refractivity contribution is 4.77. The quantitative estimate of drug-likeness (QED) is 0.670. The summed E-state index contributed by atoms with van der Waals surface area (Å²) in [6.45, 7) is 9.81. The molecular weight excluding hydrogens is 194 g/mol. The molecule has 1 atom stereocenters. The molecule has 15 heavy (non-hydrogen) atoms. The van der Waals surface area contributed by atoms with Crippen molar-refractivity contribution >= 4 is 0 Å². The van der Waals surface area contributed by atoms with Crippen LogP contribution in [0.25, 0.3) is 0 Å². The van der Waals surface area contributed by atoms with Gasteiger partial charge in [-0.15, -0.1) is 0 Å². The Balaban J connectivity index is 2.10. The molecule has 1 aliphatic rings. The number of ether oxygens (including phenoxy) is 2. The van der Waals surface area contributed by atoms with Gasteiger partial charge in [-0.2, -0.15) is 0 Å². The van der Waals surface area contributed by atoms with Crippen LogP contribution in [-0.4, -0.2) is 54.7 Å². The van der Waals surface area contributed by atoms with E-state index in [1.165, 1.54) is 0 Å². The van der Waals surface area contributed by atoms with Crippen LogP contribution in [0.2, 0.25) is 0 Å². The summed E-state index contributed by atoms with van der Waals surface area (Å²) in [5, 5.41) is 9.29. The summed E-state index contributed by atoms with van der Waals surface area (Å²) in [5.74, 6) is 0. The van der Waals surface area contributed by atoms with Crippen molar-refractivity contribution < 1.29 is 14.6 Å². The molecule has 4 nitrogen and oxygen atoms in total. The summed E-state index contributed by atoms with van der Waals surface area (Å²) >= 11 is 0. The third-order valence-electron chi connectivity index (χ3n) is 2.87. The molecule has 0 aromatic rings. The lowest BCUT2D eigenvalue weighted by atomic mass is 10.3. The zero-order chi connectivity index (χ0) is 11.3. The van der Waals surface area contributed by atoms with E-state index < -0.39 is 0 Å². The minimum absolute atomic E-state index is 0.160. The van der Waals surface area contributed by atoms with E-state index in [4.69, 9.17) is 9.47 Å². The topological polar surface area (TPSA) is 41.9 Å². The molecule has 0 saturated carbocycles. The van der Waals surface area contributed by atoms with Crippen LogP contribution < -0.4 is 0 Å². The molecule has 1 saturated heterocycles. The van der Waals surface area contributed by atoms with Gasteiger partial charge in [0.25, 0.3) is 0 Å². The summed E-state index contributed by atoms with van der Waals surface area (Å²) in [6, 6.07) is 0. The molecule has 1 aliphatic heterocycles. The third kappa shape index (κ3) is 4.07. The minimum Gasteiger partial charge on any atom is -0.391 e. The molecule has 1 heterocycles. The summed E-state index contributed by atoms with van der Waals surface area (Å²) in [6.07, 6.45) is 0.422. The number of hydrogen-bond donors (Lipinski definition) is 1. The molecule has 0 amide bonds. The van der Waals surface area contributed by atoms with Gasteiger partial charge in [-0.05, 0) is 20.3 Å². The van der Waals surface area contributed by atoms with E-state index in [2.05, 4.69) is 18.7 Å². The summed E-state index contributed by atoms with van der Waals surface area (Å²) < 4.78 is 11.0. The highest BCUT2D eigenvalue weighted by atomic mass is 16.5. The Hall–Kier alpha value is -0.160. The van der Waals surface area contributed by atoms with Gasteiger partial charge >= 0.3 is 0 Å². The van der Waals surface area contributed by atoms with Crippen LogP contribution in [-0.2, 0) is 9.47 Å². The van der Waals surface area contributed by atoms with E-state index in [0.717, 1.165) is 26.1 Å². The molecule has 0 aliphatic carbocycles. The van der Waals surface area contributed by atoms with E-state index in [0.29, 0.717) is 13.2 Å². The van der Waals surface area contributed by atoms with Gasteiger partial charge in [0.2, 0.25) is 0 Å². The van der Waals surface area contributed by atoms with Gasteiger partial charge in [-0.3, -0.25) is 4.90 Å². The fourth-order valence-corrected chi connectivity index (χ4v) is 1.66. The second-order valence-corrected chi connectivity index (χ2v) is 4.42. The predicted molar refractivity (Wildman–Crippen MR) is 58.7 cm³/mol.